The molecule has 1 aliphatic heterocycles. The first-order chi connectivity index (χ1) is 4.75. The van der Waals surface area contributed by atoms with E-state index >= 15 is 0 Å². The van der Waals surface area contributed by atoms with E-state index < -0.39 is 0 Å². The molecule has 2 nitrogen and oxygen atoms in total. The molecule has 0 radical (unpaired) electrons. The van der Waals surface area contributed by atoms with E-state index in [9.17, 15) is 0 Å². The number of hydrogen-bond donors (Lipinski definition) is 1. The minimum Gasteiger partial charge on any atom is -0.377 e. The minimum absolute atomic E-state index is 0. The zero-order chi connectivity index (χ0) is 7.56. The third kappa shape index (κ3) is 2.62. The molecule has 0 bridgehead atoms. The van der Waals surface area contributed by atoms with Crippen molar-refractivity contribution in [1.29, 1.82) is 0 Å². The van der Waals surface area contributed by atoms with Gasteiger partial charge in [-0.3, -0.25) is 0 Å². The predicted octanol–water partition coefficient (Wildman–Crippen LogP) is 1.43. The summed E-state index contributed by atoms with van der Waals surface area (Å²) in [4.78, 5) is 0. The quantitative estimate of drug-likeness (QED) is 0.696. The van der Waals surface area contributed by atoms with Gasteiger partial charge >= 0.3 is 0 Å². The van der Waals surface area contributed by atoms with E-state index in [1.54, 1.807) is 0 Å². The lowest BCUT2D eigenvalue weighted by atomic mass is 9.90. The zero-order valence-corrected chi connectivity index (χ0v) is 8.06. The van der Waals surface area contributed by atoms with Crippen LogP contribution in [-0.4, -0.2) is 19.3 Å². The van der Waals surface area contributed by atoms with Crippen LogP contribution >= 0.6 is 12.4 Å². The Balaban J connectivity index is 0.000001000. The van der Waals surface area contributed by atoms with Crippen molar-refractivity contribution in [2.24, 2.45) is 17.6 Å². The number of rotatable bonds is 2. The van der Waals surface area contributed by atoms with Crippen molar-refractivity contribution < 1.29 is 4.74 Å². The summed E-state index contributed by atoms with van der Waals surface area (Å²) in [5, 5.41) is 0. The van der Waals surface area contributed by atoms with E-state index in [2.05, 4.69) is 13.8 Å². The van der Waals surface area contributed by atoms with Crippen molar-refractivity contribution >= 4 is 12.4 Å². The second-order valence-corrected chi connectivity index (χ2v) is 3.34. The molecule has 1 aliphatic rings. The number of hydrogen-bond acceptors (Lipinski definition) is 2. The second-order valence-electron chi connectivity index (χ2n) is 3.34. The molecule has 0 amide bonds. The summed E-state index contributed by atoms with van der Waals surface area (Å²) in [5.41, 5.74) is 5.54. The van der Waals surface area contributed by atoms with Gasteiger partial charge in [-0.05, 0) is 18.3 Å². The molecule has 1 heterocycles. The molecule has 0 aromatic carbocycles. The molecular formula is C8H18ClNO. The van der Waals surface area contributed by atoms with Crippen LogP contribution in [0.25, 0.3) is 0 Å². The summed E-state index contributed by atoms with van der Waals surface area (Å²) in [6.07, 6.45) is 1.53. The van der Waals surface area contributed by atoms with Gasteiger partial charge in [-0.2, -0.15) is 0 Å². The fraction of sp³-hybridized carbons (Fsp3) is 1.00. The van der Waals surface area contributed by atoms with Crippen LogP contribution in [0.5, 0.6) is 0 Å². The van der Waals surface area contributed by atoms with Gasteiger partial charge in [0.25, 0.3) is 0 Å². The number of halogens is 1. The Morgan fingerprint density at radius 2 is 2.18 bits per heavy atom. The highest BCUT2D eigenvalue weighted by molar-refractivity contribution is 5.85. The Bertz CT molecular complexity index is 108. The highest BCUT2D eigenvalue weighted by atomic mass is 35.5. The Morgan fingerprint density at radius 1 is 1.55 bits per heavy atom. The highest BCUT2D eigenvalue weighted by Gasteiger charge is 2.28. The third-order valence-electron chi connectivity index (χ3n) is 2.35. The van der Waals surface area contributed by atoms with Crippen LogP contribution in [0.3, 0.4) is 0 Å². The molecule has 68 valence electrons. The first kappa shape index (κ1) is 11.2. The van der Waals surface area contributed by atoms with Crippen molar-refractivity contribution in [3.05, 3.63) is 0 Å². The highest BCUT2D eigenvalue weighted by Crippen LogP contribution is 2.26. The van der Waals surface area contributed by atoms with Crippen LogP contribution < -0.4 is 5.73 Å². The molecule has 2 atom stereocenters. The lowest BCUT2D eigenvalue weighted by Gasteiger charge is -2.19. The lowest BCUT2D eigenvalue weighted by molar-refractivity contribution is 0.0863. The Kier molecular flexibility index (Phi) is 5.06. The van der Waals surface area contributed by atoms with Gasteiger partial charge in [-0.25, -0.2) is 0 Å². The predicted molar refractivity (Wildman–Crippen MR) is 49.0 cm³/mol. The van der Waals surface area contributed by atoms with Gasteiger partial charge in [-0.15, -0.1) is 12.4 Å². The molecule has 0 aromatic heterocycles. The Labute approximate surface area is 74.9 Å². The van der Waals surface area contributed by atoms with Crippen LogP contribution in [0.15, 0.2) is 0 Å². The van der Waals surface area contributed by atoms with E-state index in [0.29, 0.717) is 18.6 Å². The first-order valence-corrected chi connectivity index (χ1v) is 4.07. The first-order valence-electron chi connectivity index (χ1n) is 4.07. The summed E-state index contributed by atoms with van der Waals surface area (Å²) in [7, 11) is 0. The van der Waals surface area contributed by atoms with Gasteiger partial charge in [-0.1, -0.05) is 13.8 Å². The molecule has 0 spiro atoms. The van der Waals surface area contributed by atoms with Crippen LogP contribution in [0, 0.1) is 11.8 Å². The summed E-state index contributed by atoms with van der Waals surface area (Å²) in [5.74, 6) is 1.42. The van der Waals surface area contributed by atoms with Crippen molar-refractivity contribution in [2.75, 3.05) is 13.2 Å². The average Bonchev–Trinajstić information content (AvgIpc) is 2.33. The molecule has 2 N–H and O–H groups in total. The molecule has 0 saturated carbocycles. The summed E-state index contributed by atoms with van der Waals surface area (Å²) < 4.78 is 5.45. The monoisotopic (exact) mass is 179 g/mol. The van der Waals surface area contributed by atoms with Gasteiger partial charge in [0.1, 0.15) is 0 Å². The standard InChI is InChI=1S/C8H17NO.ClH/c1-6(2)7-3-4-10-8(7)5-9;/h6-8H,3-5,9H2,1-2H3;1H/t7-,8+;/m1./s1. The third-order valence-corrected chi connectivity index (χ3v) is 2.35. The van der Waals surface area contributed by atoms with Gasteiger partial charge in [0, 0.05) is 13.2 Å². The maximum absolute atomic E-state index is 5.54. The van der Waals surface area contributed by atoms with Crippen molar-refractivity contribution in [3.63, 3.8) is 0 Å². The molecule has 1 rings (SSSR count). The number of ether oxygens (including phenoxy) is 1. The smallest absolute Gasteiger partial charge is 0.0728 e. The van der Waals surface area contributed by atoms with E-state index in [-0.39, 0.29) is 12.4 Å². The summed E-state index contributed by atoms with van der Waals surface area (Å²) >= 11 is 0. The maximum Gasteiger partial charge on any atom is 0.0728 e. The molecule has 3 heteroatoms. The molecule has 0 unspecified atom stereocenters. The van der Waals surface area contributed by atoms with Gasteiger partial charge in [0.15, 0.2) is 0 Å². The average molecular weight is 180 g/mol. The largest absolute Gasteiger partial charge is 0.377 e. The molecule has 1 fully saturated rings. The molecule has 0 aromatic rings. The van der Waals surface area contributed by atoms with Gasteiger partial charge in [0.05, 0.1) is 6.10 Å². The number of nitrogens with two attached hydrogens (primary N) is 1. The Morgan fingerprint density at radius 3 is 2.55 bits per heavy atom. The second kappa shape index (κ2) is 4.96. The maximum atomic E-state index is 5.54. The van der Waals surface area contributed by atoms with Gasteiger partial charge < -0.3 is 10.5 Å². The van der Waals surface area contributed by atoms with Crippen molar-refractivity contribution in [2.45, 2.75) is 26.4 Å². The zero-order valence-electron chi connectivity index (χ0n) is 7.25. The van der Waals surface area contributed by atoms with Crippen molar-refractivity contribution in [3.8, 4) is 0 Å². The minimum atomic E-state index is 0. The van der Waals surface area contributed by atoms with Gasteiger partial charge in [0.2, 0.25) is 0 Å². The molecule has 11 heavy (non-hydrogen) atoms. The van der Waals surface area contributed by atoms with Crippen LogP contribution in [-0.2, 0) is 4.74 Å². The Hall–Kier alpha value is 0.210. The lowest BCUT2D eigenvalue weighted by Crippen LogP contribution is -2.28. The van der Waals surface area contributed by atoms with E-state index in [1.807, 2.05) is 0 Å². The normalized spacial score (nSPS) is 30.5. The fourth-order valence-electron chi connectivity index (χ4n) is 1.67. The van der Waals surface area contributed by atoms with Crippen molar-refractivity contribution in [1.82, 2.24) is 0 Å². The fourth-order valence-corrected chi connectivity index (χ4v) is 1.67. The topological polar surface area (TPSA) is 35.2 Å². The van der Waals surface area contributed by atoms with E-state index in [4.69, 9.17) is 10.5 Å². The summed E-state index contributed by atoms with van der Waals surface area (Å²) in [6, 6.07) is 0. The molecule has 0 aliphatic carbocycles. The van der Waals surface area contributed by atoms with E-state index in [0.717, 1.165) is 12.5 Å². The van der Waals surface area contributed by atoms with E-state index in [1.165, 1.54) is 6.42 Å². The molecule has 1 saturated heterocycles. The SMILES string of the molecule is CC(C)[C@H]1CCO[C@H]1CN.Cl. The van der Waals surface area contributed by atoms with Crippen LogP contribution in [0.4, 0.5) is 0 Å². The van der Waals surface area contributed by atoms with Crippen LogP contribution in [0.2, 0.25) is 0 Å². The summed E-state index contributed by atoms with van der Waals surface area (Å²) in [6.45, 7) is 6.07. The molecular weight excluding hydrogens is 162 g/mol. The van der Waals surface area contributed by atoms with Crippen LogP contribution in [0.1, 0.15) is 20.3 Å².